The van der Waals surface area contributed by atoms with Crippen LogP contribution < -0.4 is 5.32 Å². The molecule has 1 amide bonds. The molecule has 0 rings (SSSR count). The van der Waals surface area contributed by atoms with Gasteiger partial charge in [0.25, 0.3) is 0 Å². The molecule has 0 aromatic heterocycles. The Morgan fingerprint density at radius 2 is 0.900 bits per heavy atom. The summed E-state index contributed by atoms with van der Waals surface area (Å²) in [7, 11) is 0. The van der Waals surface area contributed by atoms with Crippen LogP contribution in [-0.2, 0) is 14.3 Å². The fourth-order valence-electron chi connectivity index (χ4n) is 8.08. The van der Waals surface area contributed by atoms with Gasteiger partial charge in [-0.2, -0.15) is 0 Å². The minimum absolute atomic E-state index is 0.0764. The Bertz CT molecular complexity index is 993. The molecule has 0 aliphatic rings. The summed E-state index contributed by atoms with van der Waals surface area (Å²) < 4.78 is 5.93. The number of carbonyl (C=O) groups excluding carboxylic acids is 2. The first kappa shape index (κ1) is 58.1. The van der Waals surface area contributed by atoms with Gasteiger partial charge in [0.05, 0.1) is 25.2 Å². The number of hydrogen-bond acceptors (Lipinski definition) is 5. The molecule has 3 atom stereocenters. The van der Waals surface area contributed by atoms with E-state index in [1.54, 1.807) is 0 Å². The van der Waals surface area contributed by atoms with Crippen LogP contribution in [0.25, 0.3) is 0 Å². The molecule has 0 aliphatic carbocycles. The average Bonchev–Trinajstić information content (AvgIpc) is 3.24. The van der Waals surface area contributed by atoms with Crippen molar-refractivity contribution in [2.24, 2.45) is 0 Å². The van der Waals surface area contributed by atoms with Crippen molar-refractivity contribution in [2.75, 3.05) is 6.61 Å². The van der Waals surface area contributed by atoms with Crippen molar-refractivity contribution < 1.29 is 24.5 Å². The second-order valence-corrected chi connectivity index (χ2v) is 18.0. The van der Waals surface area contributed by atoms with Gasteiger partial charge in [0.2, 0.25) is 5.91 Å². The molecule has 0 aromatic carbocycles. The second kappa shape index (κ2) is 48.1. The lowest BCUT2D eigenvalue weighted by Gasteiger charge is -2.24. The topological polar surface area (TPSA) is 95.9 Å². The SMILES string of the molecule is CC/C=C/C=C/C=C/CCCCCCCCCC(=O)OC(CCCCCCCCCCCCC)CC(=O)NC(CO)C(O)CCCCCCCCCCCCCCCCC. The molecule has 0 bridgehead atoms. The van der Waals surface area contributed by atoms with Crippen molar-refractivity contribution in [1.82, 2.24) is 5.32 Å². The number of rotatable bonds is 47. The number of unbranched alkanes of at least 4 members (excludes halogenated alkanes) is 31. The summed E-state index contributed by atoms with van der Waals surface area (Å²) in [6.07, 6.45) is 56.3. The Hall–Kier alpha value is -1.92. The van der Waals surface area contributed by atoms with Gasteiger partial charge in [-0.3, -0.25) is 9.59 Å². The van der Waals surface area contributed by atoms with Crippen LogP contribution >= 0.6 is 0 Å². The molecule has 0 aromatic rings. The smallest absolute Gasteiger partial charge is 0.306 e. The van der Waals surface area contributed by atoms with Gasteiger partial charge in [0.15, 0.2) is 0 Å². The summed E-state index contributed by atoms with van der Waals surface area (Å²) in [5.41, 5.74) is 0. The van der Waals surface area contributed by atoms with Gasteiger partial charge in [-0.25, -0.2) is 0 Å². The largest absolute Gasteiger partial charge is 0.462 e. The lowest BCUT2D eigenvalue weighted by molar-refractivity contribution is -0.151. The highest BCUT2D eigenvalue weighted by atomic mass is 16.5. The Kier molecular flexibility index (Phi) is 46.6. The third-order valence-electron chi connectivity index (χ3n) is 12.0. The maximum Gasteiger partial charge on any atom is 0.306 e. The number of nitrogens with one attached hydrogen (secondary N) is 1. The van der Waals surface area contributed by atoms with Crippen LogP contribution in [0.4, 0.5) is 0 Å². The van der Waals surface area contributed by atoms with Gasteiger partial charge in [-0.1, -0.05) is 250 Å². The van der Waals surface area contributed by atoms with E-state index in [1.165, 1.54) is 167 Å². The summed E-state index contributed by atoms with van der Waals surface area (Å²) >= 11 is 0. The highest BCUT2D eigenvalue weighted by Gasteiger charge is 2.24. The quantitative estimate of drug-likeness (QED) is 0.0322. The molecule has 0 heterocycles. The third-order valence-corrected chi connectivity index (χ3v) is 12.0. The van der Waals surface area contributed by atoms with Crippen LogP contribution in [0.5, 0.6) is 0 Å². The van der Waals surface area contributed by atoms with Crippen molar-refractivity contribution in [3.63, 3.8) is 0 Å². The van der Waals surface area contributed by atoms with E-state index in [0.717, 1.165) is 57.8 Å². The molecular weight excluding hydrogens is 743 g/mol. The van der Waals surface area contributed by atoms with Crippen molar-refractivity contribution in [3.8, 4) is 0 Å². The van der Waals surface area contributed by atoms with E-state index in [2.05, 4.69) is 62.5 Å². The Balaban J connectivity index is 4.50. The molecule has 0 aliphatic heterocycles. The lowest BCUT2D eigenvalue weighted by atomic mass is 10.0. The van der Waals surface area contributed by atoms with Gasteiger partial charge >= 0.3 is 5.97 Å². The standard InChI is InChI=1S/C54H101NO5/c1-4-7-10-13-16-19-22-24-26-28-31-34-37-40-43-46-52(57)51(49-56)55-53(58)48-50(45-42-39-36-33-30-21-18-15-12-9-6-3)60-54(59)47-44-41-38-35-32-29-27-25-23-20-17-14-11-8-5-2/h8,11,14,17,20,23,50-52,56-57H,4-7,9-10,12-13,15-16,18-19,21-22,24-49H2,1-3H3,(H,55,58)/b11-8+,17-14+,23-20+. The zero-order valence-electron chi connectivity index (χ0n) is 40.1. The van der Waals surface area contributed by atoms with Crippen LogP contribution in [0.3, 0.4) is 0 Å². The number of carbonyl (C=O) groups is 2. The maximum atomic E-state index is 13.2. The molecule has 0 radical (unpaired) electrons. The third kappa shape index (κ3) is 42.8. The minimum atomic E-state index is -0.786. The summed E-state index contributed by atoms with van der Waals surface area (Å²) in [6.45, 7) is 6.37. The number of esters is 1. The predicted molar refractivity (Wildman–Crippen MR) is 259 cm³/mol. The molecule has 0 fully saturated rings. The first-order valence-electron chi connectivity index (χ1n) is 26.2. The van der Waals surface area contributed by atoms with Crippen molar-refractivity contribution in [1.29, 1.82) is 0 Å². The van der Waals surface area contributed by atoms with Gasteiger partial charge in [-0.15, -0.1) is 0 Å². The normalized spacial score (nSPS) is 13.5. The van der Waals surface area contributed by atoms with Crippen molar-refractivity contribution >= 4 is 11.9 Å². The number of hydrogen-bond donors (Lipinski definition) is 3. The highest BCUT2D eigenvalue weighted by molar-refractivity contribution is 5.77. The molecule has 6 nitrogen and oxygen atoms in total. The van der Waals surface area contributed by atoms with Crippen LogP contribution in [0.1, 0.15) is 271 Å². The van der Waals surface area contributed by atoms with Gasteiger partial charge in [-0.05, 0) is 44.9 Å². The summed E-state index contributed by atoms with van der Waals surface area (Å²) in [6, 6.07) is -0.700. The van der Waals surface area contributed by atoms with E-state index in [1.807, 2.05) is 0 Å². The molecular formula is C54H101NO5. The maximum absolute atomic E-state index is 13.2. The van der Waals surface area contributed by atoms with Gasteiger partial charge in [0.1, 0.15) is 6.10 Å². The Labute approximate surface area is 373 Å². The monoisotopic (exact) mass is 844 g/mol. The number of aliphatic hydroxyl groups excluding tert-OH is 2. The van der Waals surface area contributed by atoms with E-state index in [-0.39, 0.29) is 24.9 Å². The average molecular weight is 844 g/mol. The van der Waals surface area contributed by atoms with Crippen LogP contribution in [-0.4, -0.2) is 46.9 Å². The number of ether oxygens (including phenoxy) is 1. The van der Waals surface area contributed by atoms with E-state index < -0.39 is 18.2 Å². The van der Waals surface area contributed by atoms with E-state index >= 15 is 0 Å². The molecule has 60 heavy (non-hydrogen) atoms. The number of allylic oxidation sites excluding steroid dienone is 6. The number of amides is 1. The van der Waals surface area contributed by atoms with Crippen LogP contribution in [0.2, 0.25) is 0 Å². The first-order valence-corrected chi connectivity index (χ1v) is 26.2. The molecule has 6 heteroatoms. The lowest BCUT2D eigenvalue weighted by Crippen LogP contribution is -2.46. The fraction of sp³-hybridized carbons (Fsp3) is 0.852. The second-order valence-electron chi connectivity index (χ2n) is 18.0. The Morgan fingerprint density at radius 3 is 1.35 bits per heavy atom. The van der Waals surface area contributed by atoms with Crippen molar-refractivity contribution in [3.05, 3.63) is 36.5 Å². The zero-order chi connectivity index (χ0) is 43.8. The van der Waals surface area contributed by atoms with Gasteiger partial charge in [0, 0.05) is 6.42 Å². The highest BCUT2D eigenvalue weighted by Crippen LogP contribution is 2.18. The first-order chi connectivity index (χ1) is 29.5. The zero-order valence-corrected chi connectivity index (χ0v) is 40.1. The van der Waals surface area contributed by atoms with E-state index in [4.69, 9.17) is 4.74 Å². The summed E-state index contributed by atoms with van der Waals surface area (Å²) in [4.78, 5) is 26.1. The molecule has 0 saturated heterocycles. The minimum Gasteiger partial charge on any atom is -0.462 e. The molecule has 352 valence electrons. The molecule has 0 spiro atoms. The fourth-order valence-corrected chi connectivity index (χ4v) is 8.08. The van der Waals surface area contributed by atoms with Crippen LogP contribution in [0, 0.1) is 0 Å². The molecule has 3 unspecified atom stereocenters. The van der Waals surface area contributed by atoms with E-state index in [9.17, 15) is 19.8 Å². The summed E-state index contributed by atoms with van der Waals surface area (Å²) in [5, 5.41) is 23.8. The van der Waals surface area contributed by atoms with Crippen LogP contribution in [0.15, 0.2) is 36.5 Å². The van der Waals surface area contributed by atoms with E-state index in [0.29, 0.717) is 19.3 Å². The molecule has 3 N–H and O–H groups in total. The summed E-state index contributed by atoms with van der Waals surface area (Å²) in [5.74, 6) is -0.477. The number of aliphatic hydroxyl groups is 2. The van der Waals surface area contributed by atoms with Gasteiger partial charge < -0.3 is 20.3 Å². The van der Waals surface area contributed by atoms with Crippen molar-refractivity contribution in [2.45, 2.75) is 289 Å². The molecule has 0 saturated carbocycles. The predicted octanol–water partition coefficient (Wildman–Crippen LogP) is 15.7. The Morgan fingerprint density at radius 1 is 0.500 bits per heavy atom.